The highest BCUT2D eigenvalue weighted by Crippen LogP contribution is 2.76. The number of ether oxygens (including phenoxy) is 2. The first-order chi connectivity index (χ1) is 19.1. The molecule has 4 saturated carbocycles. The van der Waals surface area contributed by atoms with Crippen molar-refractivity contribution in [3.8, 4) is 11.5 Å². The Morgan fingerprint density at radius 1 is 1.23 bits per heavy atom. The lowest BCUT2D eigenvalue weighted by Crippen LogP contribution is -2.81. The molecule has 5 aliphatic carbocycles. The number of phenols is 1. The van der Waals surface area contributed by atoms with E-state index in [2.05, 4.69) is 35.4 Å². The predicted octanol–water partition coefficient (Wildman–Crippen LogP) is 3.28. The molecule has 218 valence electrons. The van der Waals surface area contributed by atoms with Crippen LogP contribution >= 0.6 is 0 Å². The van der Waals surface area contributed by atoms with E-state index in [4.69, 9.17) is 9.47 Å². The number of amides is 2. The predicted molar refractivity (Wildman–Crippen MR) is 150 cm³/mol. The SMILES string of the molecule is CO[C@]12CC[C@@]3(C[C@@H]1CNC(=O)[C@H](CC(C)C)NC(C)=O)[C@H]1Cc4ccc(O)c5c4[C@@]3(CCN1CC1CC1)[C@H]2O5. The number of benzene rings is 1. The van der Waals surface area contributed by atoms with Crippen molar-refractivity contribution in [3.63, 3.8) is 0 Å². The van der Waals surface area contributed by atoms with Crippen molar-refractivity contribution in [2.24, 2.45) is 23.2 Å². The van der Waals surface area contributed by atoms with Gasteiger partial charge in [0.05, 0.1) is 0 Å². The number of carbonyl (C=O) groups excluding carboxylic acids is 2. The lowest BCUT2D eigenvalue weighted by Gasteiger charge is -2.74. The molecule has 7 atom stereocenters. The van der Waals surface area contributed by atoms with Gasteiger partial charge in [-0.25, -0.2) is 0 Å². The van der Waals surface area contributed by atoms with Gasteiger partial charge in [0.1, 0.15) is 17.7 Å². The van der Waals surface area contributed by atoms with Crippen molar-refractivity contribution >= 4 is 11.8 Å². The molecule has 1 saturated heterocycles. The number of hydrogen-bond acceptors (Lipinski definition) is 6. The Morgan fingerprint density at radius 3 is 2.73 bits per heavy atom. The van der Waals surface area contributed by atoms with Gasteiger partial charge in [0.15, 0.2) is 11.5 Å². The molecule has 1 aromatic rings. The third-order valence-electron chi connectivity index (χ3n) is 11.7. The Kier molecular flexibility index (Phi) is 6.04. The van der Waals surface area contributed by atoms with Crippen LogP contribution in [0.25, 0.3) is 0 Å². The van der Waals surface area contributed by atoms with Gasteiger partial charge in [0.25, 0.3) is 0 Å². The number of likely N-dealkylation sites (tertiary alicyclic amines) is 1. The Hall–Kier alpha value is -2.32. The highest BCUT2D eigenvalue weighted by Gasteiger charge is 2.80. The van der Waals surface area contributed by atoms with Gasteiger partial charge in [-0.3, -0.25) is 14.5 Å². The van der Waals surface area contributed by atoms with Crippen molar-refractivity contribution < 1.29 is 24.2 Å². The summed E-state index contributed by atoms with van der Waals surface area (Å²) in [6.07, 6.45) is 8.03. The normalized spacial score (nSPS) is 37.6. The van der Waals surface area contributed by atoms with E-state index < -0.39 is 11.6 Å². The first-order valence-corrected chi connectivity index (χ1v) is 15.5. The molecule has 5 fully saturated rings. The lowest BCUT2D eigenvalue weighted by molar-refractivity contribution is -0.276. The number of carbonyl (C=O) groups is 2. The zero-order chi connectivity index (χ0) is 28.0. The summed E-state index contributed by atoms with van der Waals surface area (Å²) in [5, 5.41) is 17.1. The molecule has 2 amide bonds. The molecule has 40 heavy (non-hydrogen) atoms. The summed E-state index contributed by atoms with van der Waals surface area (Å²) in [4.78, 5) is 28.1. The van der Waals surface area contributed by atoms with Gasteiger partial charge in [-0.05, 0) is 81.4 Å². The van der Waals surface area contributed by atoms with E-state index in [1.807, 2.05) is 6.07 Å². The maximum absolute atomic E-state index is 13.4. The first kappa shape index (κ1) is 26.6. The molecule has 8 heteroatoms. The monoisotopic (exact) mass is 551 g/mol. The summed E-state index contributed by atoms with van der Waals surface area (Å²) >= 11 is 0. The molecule has 8 nitrogen and oxygen atoms in total. The van der Waals surface area contributed by atoms with Crippen molar-refractivity contribution in [2.45, 2.75) is 101 Å². The van der Waals surface area contributed by atoms with E-state index in [0.717, 1.165) is 44.6 Å². The summed E-state index contributed by atoms with van der Waals surface area (Å²) in [6, 6.07) is 3.84. The van der Waals surface area contributed by atoms with Gasteiger partial charge < -0.3 is 25.2 Å². The Morgan fingerprint density at radius 2 is 2.02 bits per heavy atom. The van der Waals surface area contributed by atoms with Gasteiger partial charge >= 0.3 is 0 Å². The van der Waals surface area contributed by atoms with E-state index in [1.165, 1.54) is 37.4 Å². The zero-order valence-electron chi connectivity index (χ0n) is 24.4. The molecule has 3 N–H and O–H groups in total. The molecule has 4 bridgehead atoms. The van der Waals surface area contributed by atoms with E-state index in [-0.39, 0.29) is 46.3 Å². The van der Waals surface area contributed by atoms with Gasteiger partial charge in [-0.15, -0.1) is 0 Å². The molecular weight excluding hydrogens is 506 g/mol. The van der Waals surface area contributed by atoms with E-state index >= 15 is 0 Å². The molecule has 7 aliphatic rings. The molecule has 0 aromatic heterocycles. The quantitative estimate of drug-likeness (QED) is 0.436. The number of aromatic hydroxyl groups is 1. The first-order valence-electron chi connectivity index (χ1n) is 15.5. The minimum absolute atomic E-state index is 0.0154. The van der Waals surface area contributed by atoms with E-state index in [9.17, 15) is 14.7 Å². The van der Waals surface area contributed by atoms with Crippen LogP contribution in [0.4, 0.5) is 0 Å². The third-order valence-corrected chi connectivity index (χ3v) is 11.7. The van der Waals surface area contributed by atoms with Crippen LogP contribution in [0.1, 0.15) is 76.8 Å². The number of hydrogen-bond donors (Lipinski definition) is 3. The van der Waals surface area contributed by atoms with Crippen LogP contribution < -0.4 is 15.4 Å². The van der Waals surface area contributed by atoms with E-state index in [0.29, 0.717) is 24.8 Å². The van der Waals surface area contributed by atoms with Crippen LogP contribution in [-0.2, 0) is 26.2 Å². The van der Waals surface area contributed by atoms with Crippen molar-refractivity contribution in [1.82, 2.24) is 15.5 Å². The molecule has 2 spiro atoms. The van der Waals surface area contributed by atoms with Crippen LogP contribution in [0.2, 0.25) is 0 Å². The lowest BCUT2D eigenvalue weighted by atomic mass is 9.35. The second kappa shape index (κ2) is 9.09. The fourth-order valence-electron chi connectivity index (χ4n) is 10.1. The van der Waals surface area contributed by atoms with Gasteiger partial charge in [-0.2, -0.15) is 0 Å². The summed E-state index contributed by atoms with van der Waals surface area (Å²) in [5.74, 6) is 1.78. The number of nitrogens with one attached hydrogen (secondary N) is 2. The fourth-order valence-corrected chi connectivity index (χ4v) is 10.1. The standard InChI is InChI=1S/C32H45N3O5/c1-18(2)13-23(34-19(3)36)28(38)33-16-22-15-30-9-10-32(22,39-4)29-31(30)11-12-35(17-20-5-6-20)25(30)14-21-7-8-24(37)27(40-29)26(21)31/h7-8,18,20,22-23,25,29,37H,5-6,9-17H2,1-4H3,(H,33,38)(H,34,36)/t22-,23+,25-,29-,30-,31+,32-/m1/s1. The van der Waals surface area contributed by atoms with Crippen LogP contribution in [0.15, 0.2) is 12.1 Å². The number of fused-ring (bicyclic) bond motifs is 2. The summed E-state index contributed by atoms with van der Waals surface area (Å²) in [5.41, 5.74) is 1.87. The summed E-state index contributed by atoms with van der Waals surface area (Å²) in [6.45, 7) is 8.32. The maximum Gasteiger partial charge on any atom is 0.242 e. The Labute approximate surface area is 237 Å². The van der Waals surface area contributed by atoms with Crippen molar-refractivity contribution in [3.05, 3.63) is 23.3 Å². The van der Waals surface area contributed by atoms with Crippen LogP contribution in [0.3, 0.4) is 0 Å². The average Bonchev–Trinajstić information content (AvgIpc) is 3.66. The zero-order valence-corrected chi connectivity index (χ0v) is 24.4. The van der Waals surface area contributed by atoms with Crippen LogP contribution in [0.5, 0.6) is 11.5 Å². The summed E-state index contributed by atoms with van der Waals surface area (Å²) in [7, 11) is 1.80. The third kappa shape index (κ3) is 3.50. The molecule has 8 rings (SSSR count). The van der Waals surface area contributed by atoms with Gasteiger partial charge in [0.2, 0.25) is 11.8 Å². The smallest absolute Gasteiger partial charge is 0.242 e. The minimum atomic E-state index is -0.556. The highest BCUT2D eigenvalue weighted by molar-refractivity contribution is 5.86. The molecule has 2 aliphatic heterocycles. The highest BCUT2D eigenvalue weighted by atomic mass is 16.6. The number of rotatable bonds is 9. The number of nitrogens with zero attached hydrogens (tertiary/aromatic N) is 1. The second-order valence-electron chi connectivity index (χ2n) is 14.2. The summed E-state index contributed by atoms with van der Waals surface area (Å²) < 4.78 is 13.4. The van der Waals surface area contributed by atoms with E-state index in [1.54, 1.807) is 7.11 Å². The van der Waals surface area contributed by atoms with Gasteiger partial charge in [-0.1, -0.05) is 19.9 Å². The van der Waals surface area contributed by atoms with Crippen molar-refractivity contribution in [2.75, 3.05) is 26.7 Å². The Balaban J connectivity index is 1.26. The molecular formula is C32H45N3O5. The molecule has 0 unspecified atom stereocenters. The number of methoxy groups -OCH3 is 1. The topological polar surface area (TPSA) is 100 Å². The maximum atomic E-state index is 13.4. The Bertz CT molecular complexity index is 1230. The van der Waals surface area contributed by atoms with Crippen LogP contribution in [0, 0.1) is 23.2 Å². The van der Waals surface area contributed by atoms with Gasteiger partial charge in [0, 0.05) is 55.5 Å². The second-order valence-corrected chi connectivity index (χ2v) is 14.2. The number of piperidine rings is 1. The molecule has 1 aromatic carbocycles. The van der Waals surface area contributed by atoms with Crippen LogP contribution in [-0.4, -0.2) is 72.4 Å². The minimum Gasteiger partial charge on any atom is -0.504 e. The fraction of sp³-hybridized carbons (Fsp3) is 0.750. The average molecular weight is 552 g/mol. The molecule has 0 radical (unpaired) electrons. The van der Waals surface area contributed by atoms with Crippen molar-refractivity contribution in [1.29, 1.82) is 0 Å². The molecule has 2 heterocycles. The number of phenolic OH excluding ortho intramolecular Hbond substituents is 1. The largest absolute Gasteiger partial charge is 0.504 e.